The molecule has 0 saturated heterocycles. The maximum absolute atomic E-state index is 4.09. The van der Waals surface area contributed by atoms with Gasteiger partial charge in [-0.1, -0.05) is 34.1 Å². The van der Waals surface area contributed by atoms with E-state index < -0.39 is 0 Å². The van der Waals surface area contributed by atoms with Crippen LogP contribution < -0.4 is 0 Å². The van der Waals surface area contributed by atoms with E-state index in [9.17, 15) is 0 Å². The summed E-state index contributed by atoms with van der Waals surface area (Å²) in [5.74, 6) is 0. The lowest BCUT2D eigenvalue weighted by atomic mass is 10.1. The first-order valence-corrected chi connectivity index (χ1v) is 5.27. The van der Waals surface area contributed by atoms with E-state index in [1.807, 2.05) is 12.3 Å². The van der Waals surface area contributed by atoms with Gasteiger partial charge < -0.3 is 0 Å². The molecule has 1 aromatic heterocycles. The molecule has 2 heteroatoms. The fraction of sp³-hybridized carbons (Fsp3) is 0.0833. The molecule has 2 aromatic rings. The van der Waals surface area contributed by atoms with Gasteiger partial charge in [0, 0.05) is 16.9 Å². The van der Waals surface area contributed by atoms with Gasteiger partial charge >= 0.3 is 0 Å². The van der Waals surface area contributed by atoms with Crippen molar-refractivity contribution < 1.29 is 0 Å². The smallest absolute Gasteiger partial charge is 0.0303 e. The van der Waals surface area contributed by atoms with Gasteiger partial charge in [-0.15, -0.1) is 0 Å². The Hall–Kier alpha value is -1.15. The molecule has 1 nitrogen and oxygen atoms in total. The molecular weight excluding hydrogens is 238 g/mol. The predicted molar refractivity (Wildman–Crippen MR) is 61.2 cm³/mol. The van der Waals surface area contributed by atoms with E-state index in [1.165, 1.54) is 11.1 Å². The second-order valence-corrected chi connectivity index (χ2v) is 4.08. The summed E-state index contributed by atoms with van der Waals surface area (Å²) in [6.07, 6.45) is 4.65. The van der Waals surface area contributed by atoms with Crippen LogP contribution in [-0.4, -0.2) is 4.98 Å². The summed E-state index contributed by atoms with van der Waals surface area (Å²) in [6, 6.07) is 12.4. The number of hydrogen-bond donors (Lipinski definition) is 0. The molecule has 0 radical (unpaired) electrons. The van der Waals surface area contributed by atoms with E-state index in [0.717, 1.165) is 10.9 Å². The molecule has 0 amide bonds. The van der Waals surface area contributed by atoms with Crippen LogP contribution in [0.5, 0.6) is 0 Å². The van der Waals surface area contributed by atoms with Crippen LogP contribution in [0, 0.1) is 0 Å². The molecule has 0 aliphatic rings. The largest absolute Gasteiger partial charge is 0.264 e. The molecule has 0 aliphatic carbocycles. The van der Waals surface area contributed by atoms with Crippen molar-refractivity contribution in [2.75, 3.05) is 0 Å². The summed E-state index contributed by atoms with van der Waals surface area (Å²) >= 11 is 3.42. The third kappa shape index (κ3) is 2.42. The number of halogens is 1. The van der Waals surface area contributed by atoms with E-state index >= 15 is 0 Å². The van der Waals surface area contributed by atoms with Crippen LogP contribution >= 0.6 is 15.9 Å². The number of hydrogen-bond acceptors (Lipinski definition) is 1. The van der Waals surface area contributed by atoms with E-state index in [1.54, 1.807) is 6.20 Å². The van der Waals surface area contributed by atoms with Gasteiger partial charge in [-0.05, 0) is 35.7 Å². The van der Waals surface area contributed by atoms with E-state index in [4.69, 9.17) is 0 Å². The average molecular weight is 248 g/mol. The third-order valence-corrected chi connectivity index (χ3v) is 2.57. The molecule has 0 unspecified atom stereocenters. The van der Waals surface area contributed by atoms with Crippen LogP contribution in [0.4, 0.5) is 0 Å². The number of benzene rings is 1. The SMILES string of the molecule is Brc1ccc(Cc2cccnc2)cc1. The van der Waals surface area contributed by atoms with Gasteiger partial charge in [-0.3, -0.25) is 4.98 Å². The number of aromatic nitrogens is 1. The van der Waals surface area contributed by atoms with Gasteiger partial charge in [0.05, 0.1) is 0 Å². The van der Waals surface area contributed by atoms with Crippen molar-refractivity contribution in [1.82, 2.24) is 4.98 Å². The van der Waals surface area contributed by atoms with Gasteiger partial charge in [-0.2, -0.15) is 0 Å². The Morgan fingerprint density at radius 3 is 2.43 bits per heavy atom. The molecule has 1 heterocycles. The molecule has 0 saturated carbocycles. The number of nitrogens with zero attached hydrogens (tertiary/aromatic N) is 1. The fourth-order valence-electron chi connectivity index (χ4n) is 1.34. The summed E-state index contributed by atoms with van der Waals surface area (Å²) in [4.78, 5) is 4.09. The van der Waals surface area contributed by atoms with E-state index in [2.05, 4.69) is 51.2 Å². The second kappa shape index (κ2) is 4.38. The van der Waals surface area contributed by atoms with E-state index in [0.29, 0.717) is 0 Å². The Morgan fingerprint density at radius 1 is 1.00 bits per heavy atom. The van der Waals surface area contributed by atoms with Crippen molar-refractivity contribution in [3.8, 4) is 0 Å². The summed E-state index contributed by atoms with van der Waals surface area (Å²) in [7, 11) is 0. The van der Waals surface area contributed by atoms with Crippen molar-refractivity contribution in [3.05, 3.63) is 64.4 Å². The highest BCUT2D eigenvalue weighted by Gasteiger charge is 1.95. The molecule has 0 aliphatic heterocycles. The van der Waals surface area contributed by atoms with Crippen LogP contribution in [-0.2, 0) is 6.42 Å². The summed E-state index contributed by atoms with van der Waals surface area (Å²) in [5.41, 5.74) is 2.55. The fourth-order valence-corrected chi connectivity index (χ4v) is 1.60. The first-order valence-electron chi connectivity index (χ1n) is 4.48. The minimum absolute atomic E-state index is 0.946. The second-order valence-electron chi connectivity index (χ2n) is 3.16. The normalized spacial score (nSPS) is 10.1. The Balaban J connectivity index is 2.16. The van der Waals surface area contributed by atoms with Crippen LogP contribution in [0.3, 0.4) is 0 Å². The minimum Gasteiger partial charge on any atom is -0.264 e. The van der Waals surface area contributed by atoms with Gasteiger partial charge in [0.2, 0.25) is 0 Å². The molecule has 70 valence electrons. The van der Waals surface area contributed by atoms with Gasteiger partial charge in [-0.25, -0.2) is 0 Å². The number of rotatable bonds is 2. The summed E-state index contributed by atoms with van der Waals surface area (Å²) < 4.78 is 1.12. The lowest BCUT2D eigenvalue weighted by molar-refractivity contribution is 1.14. The molecule has 0 bridgehead atoms. The maximum atomic E-state index is 4.09. The molecule has 0 atom stereocenters. The van der Waals surface area contributed by atoms with Crippen LogP contribution in [0.25, 0.3) is 0 Å². The molecular formula is C12H10BrN. The van der Waals surface area contributed by atoms with Crippen molar-refractivity contribution in [3.63, 3.8) is 0 Å². The van der Waals surface area contributed by atoms with Gasteiger partial charge in [0.25, 0.3) is 0 Å². The zero-order valence-electron chi connectivity index (χ0n) is 7.65. The zero-order chi connectivity index (χ0) is 9.80. The van der Waals surface area contributed by atoms with Gasteiger partial charge in [0.1, 0.15) is 0 Å². The Bertz CT molecular complexity index is 394. The Labute approximate surface area is 91.9 Å². The quantitative estimate of drug-likeness (QED) is 0.793. The van der Waals surface area contributed by atoms with Crippen LogP contribution in [0.1, 0.15) is 11.1 Å². The lowest BCUT2D eigenvalue weighted by Gasteiger charge is -2.00. The highest BCUT2D eigenvalue weighted by molar-refractivity contribution is 9.10. The molecule has 2 rings (SSSR count). The molecule has 0 spiro atoms. The highest BCUT2D eigenvalue weighted by atomic mass is 79.9. The maximum Gasteiger partial charge on any atom is 0.0303 e. The molecule has 0 N–H and O–H groups in total. The van der Waals surface area contributed by atoms with Crippen molar-refractivity contribution >= 4 is 15.9 Å². The molecule has 0 fully saturated rings. The topological polar surface area (TPSA) is 12.9 Å². The summed E-state index contributed by atoms with van der Waals surface area (Å²) in [6.45, 7) is 0. The third-order valence-electron chi connectivity index (χ3n) is 2.04. The first-order chi connectivity index (χ1) is 6.84. The van der Waals surface area contributed by atoms with Crippen LogP contribution in [0.2, 0.25) is 0 Å². The van der Waals surface area contributed by atoms with Crippen molar-refractivity contribution in [1.29, 1.82) is 0 Å². The predicted octanol–water partition coefficient (Wildman–Crippen LogP) is 3.43. The van der Waals surface area contributed by atoms with Crippen molar-refractivity contribution in [2.24, 2.45) is 0 Å². The molecule has 14 heavy (non-hydrogen) atoms. The Morgan fingerprint density at radius 2 is 1.79 bits per heavy atom. The highest BCUT2D eigenvalue weighted by Crippen LogP contribution is 2.13. The Kier molecular flexibility index (Phi) is 2.94. The van der Waals surface area contributed by atoms with Crippen molar-refractivity contribution in [2.45, 2.75) is 6.42 Å². The first kappa shape index (κ1) is 9.41. The molecule has 1 aromatic carbocycles. The standard InChI is InChI=1S/C12H10BrN/c13-12-5-3-10(4-6-12)8-11-2-1-7-14-9-11/h1-7,9H,8H2. The van der Waals surface area contributed by atoms with Gasteiger partial charge in [0.15, 0.2) is 0 Å². The summed E-state index contributed by atoms with van der Waals surface area (Å²) in [5, 5.41) is 0. The minimum atomic E-state index is 0.946. The van der Waals surface area contributed by atoms with E-state index in [-0.39, 0.29) is 0 Å². The number of pyridine rings is 1. The van der Waals surface area contributed by atoms with Crippen LogP contribution in [0.15, 0.2) is 53.3 Å². The average Bonchev–Trinajstić information content (AvgIpc) is 2.23. The zero-order valence-corrected chi connectivity index (χ0v) is 9.24. The lowest BCUT2D eigenvalue weighted by Crippen LogP contribution is -1.87. The monoisotopic (exact) mass is 247 g/mol.